The lowest BCUT2D eigenvalue weighted by atomic mass is 9.92. The van der Waals surface area contributed by atoms with Gasteiger partial charge in [-0.25, -0.2) is 4.79 Å². The molecule has 0 aliphatic heterocycles. The number of hydroxylamine groups is 1. The molecule has 3 nitrogen and oxygen atoms in total. The topological polar surface area (TPSA) is 38.3 Å². The van der Waals surface area contributed by atoms with Gasteiger partial charge < -0.3 is 4.84 Å². The number of carbonyl (C=O) groups is 1. The van der Waals surface area contributed by atoms with Gasteiger partial charge in [-0.2, -0.15) is 0 Å². The molecule has 5 rings (SSSR count). The van der Waals surface area contributed by atoms with E-state index >= 15 is 0 Å². The Hall–Kier alpha value is -3.43. The van der Waals surface area contributed by atoms with Gasteiger partial charge in [-0.05, 0) is 50.0 Å². The SMILES string of the molecule is O=C(ONCc1ccc2ccc3cccc4ccc1c2c34)c1ccccc1. The van der Waals surface area contributed by atoms with Gasteiger partial charge in [0, 0.05) is 0 Å². The van der Waals surface area contributed by atoms with Crippen LogP contribution in [0.1, 0.15) is 15.9 Å². The summed E-state index contributed by atoms with van der Waals surface area (Å²) in [5.74, 6) is -0.381. The molecular weight excluding hydrogens is 334 g/mol. The van der Waals surface area contributed by atoms with Crippen molar-refractivity contribution in [3.63, 3.8) is 0 Å². The second kappa shape index (κ2) is 6.38. The molecule has 0 fully saturated rings. The van der Waals surface area contributed by atoms with Gasteiger partial charge in [0.15, 0.2) is 0 Å². The minimum Gasteiger partial charge on any atom is -0.366 e. The number of hydrogen-bond donors (Lipinski definition) is 1. The van der Waals surface area contributed by atoms with Gasteiger partial charge in [-0.15, -0.1) is 5.48 Å². The monoisotopic (exact) mass is 351 g/mol. The summed E-state index contributed by atoms with van der Waals surface area (Å²) in [6.45, 7) is 0.451. The quantitative estimate of drug-likeness (QED) is 0.346. The summed E-state index contributed by atoms with van der Waals surface area (Å²) in [7, 11) is 0. The number of carbonyl (C=O) groups excluding carboxylic acids is 1. The maximum atomic E-state index is 12.1. The molecule has 0 heterocycles. The predicted molar refractivity (Wildman–Crippen MR) is 109 cm³/mol. The van der Waals surface area contributed by atoms with E-state index in [4.69, 9.17) is 4.84 Å². The minimum absolute atomic E-state index is 0.381. The van der Waals surface area contributed by atoms with E-state index in [-0.39, 0.29) is 5.97 Å². The zero-order valence-corrected chi connectivity index (χ0v) is 14.6. The number of hydrogen-bond acceptors (Lipinski definition) is 3. The normalized spacial score (nSPS) is 11.4. The van der Waals surface area contributed by atoms with Gasteiger partial charge in [0.25, 0.3) is 0 Å². The molecule has 0 amide bonds. The van der Waals surface area contributed by atoms with Crippen molar-refractivity contribution in [2.45, 2.75) is 6.54 Å². The van der Waals surface area contributed by atoms with Crippen LogP contribution in [-0.4, -0.2) is 5.97 Å². The van der Waals surface area contributed by atoms with Crippen molar-refractivity contribution in [3.8, 4) is 0 Å². The first-order chi connectivity index (χ1) is 13.3. The minimum atomic E-state index is -0.381. The highest BCUT2D eigenvalue weighted by Gasteiger charge is 2.11. The van der Waals surface area contributed by atoms with Crippen molar-refractivity contribution in [2.75, 3.05) is 0 Å². The molecule has 0 unspecified atom stereocenters. The van der Waals surface area contributed by atoms with E-state index in [0.29, 0.717) is 12.1 Å². The molecule has 5 aromatic carbocycles. The number of nitrogens with one attached hydrogen (secondary N) is 1. The third kappa shape index (κ3) is 2.69. The summed E-state index contributed by atoms with van der Waals surface area (Å²) < 4.78 is 0. The Morgan fingerprint density at radius 1 is 0.704 bits per heavy atom. The van der Waals surface area contributed by atoms with Crippen LogP contribution in [0.3, 0.4) is 0 Å². The molecule has 0 aromatic heterocycles. The van der Waals surface area contributed by atoms with Crippen LogP contribution in [0.25, 0.3) is 32.3 Å². The molecule has 0 aliphatic rings. The van der Waals surface area contributed by atoms with Gasteiger partial charge >= 0.3 is 5.97 Å². The molecule has 0 atom stereocenters. The van der Waals surface area contributed by atoms with E-state index in [1.165, 1.54) is 32.3 Å². The fraction of sp³-hybridized carbons (Fsp3) is 0.0417. The second-order valence-electron chi connectivity index (χ2n) is 6.66. The summed E-state index contributed by atoms with van der Waals surface area (Å²) >= 11 is 0. The van der Waals surface area contributed by atoms with Crippen LogP contribution in [0.5, 0.6) is 0 Å². The Morgan fingerprint density at radius 3 is 2.15 bits per heavy atom. The van der Waals surface area contributed by atoms with Gasteiger partial charge in [0.1, 0.15) is 0 Å². The van der Waals surface area contributed by atoms with E-state index in [9.17, 15) is 4.79 Å². The number of rotatable bonds is 4. The standard InChI is InChI=1S/C24H17NO2/c26-24(19-5-2-1-3-6-19)27-25-15-20-12-11-18-10-9-16-7-4-8-17-13-14-21(20)23(18)22(16)17/h1-14,25H,15H2. The highest BCUT2D eigenvalue weighted by atomic mass is 16.7. The summed E-state index contributed by atoms with van der Waals surface area (Å²) in [5.41, 5.74) is 4.45. The van der Waals surface area contributed by atoms with Crippen LogP contribution in [0, 0.1) is 0 Å². The van der Waals surface area contributed by atoms with Crippen LogP contribution in [0.4, 0.5) is 0 Å². The van der Waals surface area contributed by atoms with E-state index in [1.54, 1.807) is 12.1 Å². The summed E-state index contributed by atoms with van der Waals surface area (Å²) in [6, 6.07) is 28.2. The van der Waals surface area contributed by atoms with Crippen LogP contribution in [0.2, 0.25) is 0 Å². The van der Waals surface area contributed by atoms with E-state index in [2.05, 4.69) is 60.1 Å². The van der Waals surface area contributed by atoms with Crippen LogP contribution < -0.4 is 5.48 Å². The van der Waals surface area contributed by atoms with Crippen LogP contribution in [-0.2, 0) is 11.4 Å². The lowest BCUT2D eigenvalue weighted by Gasteiger charge is -2.14. The molecule has 0 aliphatic carbocycles. The summed E-state index contributed by atoms with van der Waals surface area (Å²) in [6.07, 6.45) is 0. The molecule has 0 radical (unpaired) electrons. The van der Waals surface area contributed by atoms with E-state index in [1.807, 2.05) is 18.2 Å². The van der Waals surface area contributed by atoms with Crippen LogP contribution >= 0.6 is 0 Å². The molecule has 0 spiro atoms. The van der Waals surface area contributed by atoms with Gasteiger partial charge in [-0.3, -0.25) is 0 Å². The van der Waals surface area contributed by atoms with Crippen molar-refractivity contribution in [1.82, 2.24) is 5.48 Å². The van der Waals surface area contributed by atoms with Crippen molar-refractivity contribution < 1.29 is 9.63 Å². The second-order valence-corrected chi connectivity index (χ2v) is 6.66. The van der Waals surface area contributed by atoms with E-state index < -0.39 is 0 Å². The highest BCUT2D eigenvalue weighted by Crippen LogP contribution is 2.35. The zero-order valence-electron chi connectivity index (χ0n) is 14.6. The Bertz CT molecular complexity index is 1250. The molecule has 1 N–H and O–H groups in total. The van der Waals surface area contributed by atoms with Gasteiger partial charge in [-0.1, -0.05) is 72.8 Å². The average Bonchev–Trinajstić information content (AvgIpc) is 2.73. The van der Waals surface area contributed by atoms with Gasteiger partial charge in [0.2, 0.25) is 0 Å². The Morgan fingerprint density at radius 2 is 1.37 bits per heavy atom. The molecule has 0 saturated carbocycles. The Balaban J connectivity index is 1.48. The summed E-state index contributed by atoms with van der Waals surface area (Å²) in [5, 5.41) is 7.44. The molecule has 27 heavy (non-hydrogen) atoms. The Labute approximate surface area is 156 Å². The average molecular weight is 351 g/mol. The van der Waals surface area contributed by atoms with Crippen molar-refractivity contribution in [2.24, 2.45) is 0 Å². The van der Waals surface area contributed by atoms with Gasteiger partial charge in [0.05, 0.1) is 12.1 Å². The maximum Gasteiger partial charge on any atom is 0.356 e. The first-order valence-electron chi connectivity index (χ1n) is 8.96. The smallest absolute Gasteiger partial charge is 0.356 e. The fourth-order valence-electron chi connectivity index (χ4n) is 3.76. The largest absolute Gasteiger partial charge is 0.366 e. The third-order valence-electron chi connectivity index (χ3n) is 5.06. The highest BCUT2D eigenvalue weighted by molar-refractivity contribution is 6.23. The fourth-order valence-corrected chi connectivity index (χ4v) is 3.76. The molecule has 130 valence electrons. The molecule has 0 saturated heterocycles. The molecule has 5 aromatic rings. The van der Waals surface area contributed by atoms with Crippen LogP contribution in [0.15, 0.2) is 84.9 Å². The summed E-state index contributed by atoms with van der Waals surface area (Å²) in [4.78, 5) is 17.3. The lowest BCUT2D eigenvalue weighted by molar-refractivity contribution is 0.0238. The van der Waals surface area contributed by atoms with Crippen molar-refractivity contribution >= 4 is 38.3 Å². The molecule has 0 bridgehead atoms. The third-order valence-corrected chi connectivity index (χ3v) is 5.06. The first kappa shape index (κ1) is 15.8. The molecular formula is C24H17NO2. The molecule has 3 heteroatoms. The van der Waals surface area contributed by atoms with Crippen molar-refractivity contribution in [1.29, 1.82) is 0 Å². The number of benzene rings is 5. The van der Waals surface area contributed by atoms with Crippen molar-refractivity contribution in [3.05, 3.63) is 96.1 Å². The maximum absolute atomic E-state index is 12.1. The first-order valence-corrected chi connectivity index (χ1v) is 8.96. The van der Waals surface area contributed by atoms with E-state index in [0.717, 1.165) is 5.56 Å². The Kier molecular flexibility index (Phi) is 3.73. The predicted octanol–water partition coefficient (Wildman–Crippen LogP) is 5.45. The zero-order chi connectivity index (χ0) is 18.2. The lowest BCUT2D eigenvalue weighted by Crippen LogP contribution is -2.19.